The van der Waals surface area contributed by atoms with Gasteiger partial charge in [0.1, 0.15) is 0 Å². The summed E-state index contributed by atoms with van der Waals surface area (Å²) in [4.78, 5) is 2.99. The molecule has 0 aliphatic carbocycles. The minimum Gasteiger partial charge on any atom is -0.293 e. The van der Waals surface area contributed by atoms with Gasteiger partial charge in [0.2, 0.25) is 0 Å². The summed E-state index contributed by atoms with van der Waals surface area (Å²) in [5, 5.41) is 0. The zero-order valence-corrected chi connectivity index (χ0v) is 34.6. The van der Waals surface area contributed by atoms with Crippen LogP contribution in [-0.4, -0.2) is 22.5 Å². The van der Waals surface area contributed by atoms with Crippen LogP contribution in [0.3, 0.4) is 0 Å². The molecule has 0 aromatic rings. The van der Waals surface area contributed by atoms with Crippen LogP contribution in [0.5, 0.6) is 0 Å². The van der Waals surface area contributed by atoms with E-state index in [4.69, 9.17) is 0 Å². The van der Waals surface area contributed by atoms with Crippen molar-refractivity contribution in [3.8, 4) is 0 Å². The van der Waals surface area contributed by atoms with E-state index < -0.39 is 0 Å². The highest BCUT2D eigenvalue weighted by Crippen LogP contribution is 2.34. The van der Waals surface area contributed by atoms with Crippen molar-refractivity contribution in [1.82, 2.24) is 4.90 Å². The zero-order chi connectivity index (χ0) is 34.7. The highest BCUT2D eigenvalue weighted by atomic mass is 15.2. The topological polar surface area (TPSA) is 3.24 Å². The molecule has 0 rings (SSSR count). The van der Waals surface area contributed by atoms with Crippen LogP contribution < -0.4 is 0 Å². The molecular formula is C46H95N. The molecule has 0 atom stereocenters. The first-order valence-electron chi connectivity index (χ1n) is 22.6. The van der Waals surface area contributed by atoms with E-state index in [1.165, 1.54) is 238 Å². The smallest absolute Gasteiger partial charge is 0.0158 e. The van der Waals surface area contributed by atoms with Gasteiger partial charge in [0.25, 0.3) is 0 Å². The summed E-state index contributed by atoms with van der Waals surface area (Å²) in [6.07, 6.45) is 51.8. The van der Waals surface area contributed by atoms with Gasteiger partial charge in [-0.05, 0) is 53.5 Å². The molecule has 0 radical (unpaired) electrons. The molecule has 1 heteroatoms. The monoisotopic (exact) mass is 662 g/mol. The zero-order valence-electron chi connectivity index (χ0n) is 34.6. The van der Waals surface area contributed by atoms with Gasteiger partial charge in [0.05, 0.1) is 0 Å². The molecule has 0 heterocycles. The lowest BCUT2D eigenvalue weighted by Gasteiger charge is -2.49. The molecule has 0 aliphatic heterocycles. The van der Waals surface area contributed by atoms with Crippen molar-refractivity contribution in [3.63, 3.8) is 0 Å². The Kier molecular flexibility index (Phi) is 34.4. The van der Waals surface area contributed by atoms with Gasteiger partial charge < -0.3 is 0 Å². The summed E-state index contributed by atoms with van der Waals surface area (Å²) in [5.41, 5.74) is 0.610. The molecule has 0 saturated carbocycles. The first kappa shape index (κ1) is 47.0. The molecule has 0 aromatic carbocycles. The third kappa shape index (κ3) is 30.5. The van der Waals surface area contributed by atoms with Crippen LogP contribution in [0.1, 0.15) is 280 Å². The van der Waals surface area contributed by atoms with Crippen molar-refractivity contribution in [1.29, 1.82) is 0 Å². The molecule has 0 aromatic heterocycles. The first-order valence-corrected chi connectivity index (χ1v) is 22.6. The highest BCUT2D eigenvalue weighted by molar-refractivity contribution is 4.92. The Bertz CT molecular complexity index is 558. The fraction of sp³-hybridized carbons (Fsp3) is 1.00. The molecule has 0 amide bonds. The summed E-state index contributed by atoms with van der Waals surface area (Å²) in [7, 11) is 0. The van der Waals surface area contributed by atoms with Crippen LogP contribution >= 0.6 is 0 Å². The average molecular weight is 662 g/mol. The summed E-state index contributed by atoms with van der Waals surface area (Å²) in [6, 6.07) is 0. The number of hydrogen-bond donors (Lipinski definition) is 0. The van der Waals surface area contributed by atoms with Gasteiger partial charge in [-0.3, -0.25) is 4.90 Å². The van der Waals surface area contributed by atoms with Crippen molar-refractivity contribution in [2.45, 2.75) is 291 Å². The van der Waals surface area contributed by atoms with Crippen molar-refractivity contribution in [2.24, 2.45) is 0 Å². The van der Waals surface area contributed by atoms with Crippen LogP contribution in [0.4, 0.5) is 0 Å². The van der Waals surface area contributed by atoms with Gasteiger partial charge in [-0.1, -0.05) is 233 Å². The Morgan fingerprint density at radius 1 is 0.255 bits per heavy atom. The van der Waals surface area contributed by atoms with Gasteiger partial charge in [-0.2, -0.15) is 0 Å². The average Bonchev–Trinajstić information content (AvgIpc) is 3.04. The predicted octanol–water partition coefficient (Wildman–Crippen LogP) is 16.9. The Labute approximate surface area is 301 Å². The quantitative estimate of drug-likeness (QED) is 0.0593. The van der Waals surface area contributed by atoms with Gasteiger partial charge in [-0.25, -0.2) is 0 Å². The van der Waals surface area contributed by atoms with Crippen LogP contribution in [0.25, 0.3) is 0 Å². The molecule has 0 aliphatic rings. The van der Waals surface area contributed by atoms with E-state index in [-0.39, 0.29) is 0 Å². The van der Waals surface area contributed by atoms with Crippen molar-refractivity contribution in [2.75, 3.05) is 6.54 Å². The van der Waals surface area contributed by atoms with Crippen LogP contribution in [0.2, 0.25) is 0 Å². The van der Waals surface area contributed by atoms with E-state index in [1.807, 2.05) is 0 Å². The first-order chi connectivity index (χ1) is 22.8. The van der Waals surface area contributed by atoms with Crippen molar-refractivity contribution in [3.05, 3.63) is 0 Å². The normalized spacial score (nSPS) is 12.5. The lowest BCUT2D eigenvalue weighted by molar-refractivity contribution is 0.00151. The maximum atomic E-state index is 2.99. The lowest BCUT2D eigenvalue weighted by atomic mass is 9.85. The van der Waals surface area contributed by atoms with E-state index in [0.29, 0.717) is 11.1 Å². The van der Waals surface area contributed by atoms with Gasteiger partial charge in [0.15, 0.2) is 0 Å². The number of nitrogens with zero attached hydrogens (tertiary/aromatic N) is 1. The number of hydrogen-bond acceptors (Lipinski definition) is 1. The Morgan fingerprint density at radius 2 is 0.447 bits per heavy atom. The van der Waals surface area contributed by atoms with Gasteiger partial charge in [0, 0.05) is 11.1 Å². The minimum absolute atomic E-state index is 0.305. The molecule has 0 N–H and O–H groups in total. The molecular weight excluding hydrogens is 567 g/mol. The highest BCUT2D eigenvalue weighted by Gasteiger charge is 2.36. The maximum Gasteiger partial charge on any atom is 0.0158 e. The molecule has 0 fully saturated rings. The molecule has 0 bridgehead atoms. The second-order valence-electron chi connectivity index (χ2n) is 17.2. The number of rotatable bonds is 39. The molecule has 47 heavy (non-hydrogen) atoms. The maximum absolute atomic E-state index is 2.99. The largest absolute Gasteiger partial charge is 0.293 e. The SMILES string of the molecule is CCCCCCCCCCCCCCCCCCN(C(C)(C)CCCCCCCCCCC)C(C)(C)CCCCCCCCCCC. The Hall–Kier alpha value is -0.0400. The van der Waals surface area contributed by atoms with Crippen LogP contribution in [0, 0.1) is 0 Å². The fourth-order valence-electron chi connectivity index (χ4n) is 8.25. The number of unbranched alkanes of at least 4 members (excludes halogenated alkanes) is 31. The third-order valence-corrected chi connectivity index (χ3v) is 11.5. The van der Waals surface area contributed by atoms with E-state index in [1.54, 1.807) is 0 Å². The summed E-state index contributed by atoms with van der Waals surface area (Å²) in [6.45, 7) is 18.6. The molecule has 0 unspecified atom stereocenters. The molecule has 284 valence electrons. The second-order valence-corrected chi connectivity index (χ2v) is 17.2. The molecule has 1 nitrogen and oxygen atoms in total. The van der Waals surface area contributed by atoms with E-state index >= 15 is 0 Å². The summed E-state index contributed by atoms with van der Waals surface area (Å²) >= 11 is 0. The van der Waals surface area contributed by atoms with E-state index in [0.717, 1.165) is 0 Å². The fourth-order valence-corrected chi connectivity index (χ4v) is 8.25. The van der Waals surface area contributed by atoms with Crippen LogP contribution in [-0.2, 0) is 0 Å². The van der Waals surface area contributed by atoms with Gasteiger partial charge >= 0.3 is 0 Å². The van der Waals surface area contributed by atoms with E-state index in [9.17, 15) is 0 Å². The van der Waals surface area contributed by atoms with E-state index in [2.05, 4.69) is 53.4 Å². The molecule has 0 spiro atoms. The predicted molar refractivity (Wildman–Crippen MR) is 218 cm³/mol. The van der Waals surface area contributed by atoms with Crippen molar-refractivity contribution < 1.29 is 0 Å². The Morgan fingerprint density at radius 3 is 0.681 bits per heavy atom. The van der Waals surface area contributed by atoms with Crippen LogP contribution in [0.15, 0.2) is 0 Å². The minimum atomic E-state index is 0.305. The van der Waals surface area contributed by atoms with Gasteiger partial charge in [-0.15, -0.1) is 0 Å². The summed E-state index contributed by atoms with van der Waals surface area (Å²) in [5.74, 6) is 0. The lowest BCUT2D eigenvalue weighted by Crippen LogP contribution is -2.55. The Balaban J connectivity index is 4.44. The summed E-state index contributed by atoms with van der Waals surface area (Å²) < 4.78 is 0. The third-order valence-electron chi connectivity index (χ3n) is 11.5. The molecule has 0 saturated heterocycles. The second kappa shape index (κ2) is 34.4. The standard InChI is InChI=1S/C46H95N/c1-8-11-14-17-20-23-24-25-26-27-28-29-32-35-38-41-44-47(45(4,5)42-39-36-33-30-21-18-15-12-9-2)46(6,7)43-40-37-34-31-22-19-16-13-10-3/h8-44H2,1-7H3. The van der Waals surface area contributed by atoms with Crippen molar-refractivity contribution >= 4 is 0 Å².